The van der Waals surface area contributed by atoms with E-state index in [0.717, 1.165) is 22.7 Å². The molecule has 3 rings (SSSR count). The van der Waals surface area contributed by atoms with Crippen molar-refractivity contribution in [1.29, 1.82) is 5.26 Å². The standard InChI is InChI=1S/C19H23NO4/c1-11-7-13(3)22-16(11)14(4)19-9-18(10-20,23-15(5)21)17(6,24-19)8-12(19)2/h7-8,14H,9H2,1-6H3/t14-,17+,18-,19+/m0/s1. The highest BCUT2D eigenvalue weighted by Crippen LogP contribution is 2.61. The molecule has 0 unspecified atom stereocenters. The summed E-state index contributed by atoms with van der Waals surface area (Å²) >= 11 is 0. The molecule has 5 nitrogen and oxygen atoms in total. The third-order valence-electron chi connectivity index (χ3n) is 5.54. The molecule has 0 aromatic carbocycles. The summed E-state index contributed by atoms with van der Waals surface area (Å²) in [4.78, 5) is 11.6. The predicted molar refractivity (Wildman–Crippen MR) is 87.3 cm³/mol. The van der Waals surface area contributed by atoms with Gasteiger partial charge in [0.25, 0.3) is 0 Å². The zero-order valence-electron chi connectivity index (χ0n) is 15.0. The van der Waals surface area contributed by atoms with Crippen LogP contribution in [0.5, 0.6) is 0 Å². The number of nitriles is 1. The van der Waals surface area contributed by atoms with Crippen LogP contribution in [0.1, 0.15) is 57.1 Å². The molecule has 2 aliphatic heterocycles. The number of nitrogens with zero attached hydrogens (tertiary/aromatic N) is 1. The van der Waals surface area contributed by atoms with Crippen LogP contribution in [0, 0.1) is 25.2 Å². The summed E-state index contributed by atoms with van der Waals surface area (Å²) in [6, 6.07) is 4.20. The van der Waals surface area contributed by atoms with Crippen molar-refractivity contribution < 1.29 is 18.7 Å². The van der Waals surface area contributed by atoms with E-state index in [2.05, 4.69) is 6.07 Å². The van der Waals surface area contributed by atoms with Gasteiger partial charge in [-0.3, -0.25) is 4.79 Å². The molecule has 5 heteroatoms. The molecule has 0 spiro atoms. The van der Waals surface area contributed by atoms with Crippen LogP contribution in [0.25, 0.3) is 0 Å². The molecule has 128 valence electrons. The van der Waals surface area contributed by atoms with Gasteiger partial charge in [0.1, 0.15) is 28.8 Å². The molecular formula is C19H23NO4. The average molecular weight is 329 g/mol. The lowest BCUT2D eigenvalue weighted by molar-refractivity contribution is -0.161. The Labute approximate surface area is 142 Å². The molecule has 2 aliphatic rings. The fourth-order valence-corrected chi connectivity index (χ4v) is 4.38. The van der Waals surface area contributed by atoms with Gasteiger partial charge in [-0.15, -0.1) is 0 Å². The summed E-state index contributed by atoms with van der Waals surface area (Å²) in [5.41, 5.74) is -0.886. The zero-order valence-corrected chi connectivity index (χ0v) is 15.0. The fraction of sp³-hybridized carbons (Fsp3) is 0.579. The van der Waals surface area contributed by atoms with Crippen LogP contribution < -0.4 is 0 Å². The van der Waals surface area contributed by atoms with Crippen LogP contribution in [0.15, 0.2) is 22.1 Å². The Kier molecular flexibility index (Phi) is 3.47. The lowest BCUT2D eigenvalue weighted by Crippen LogP contribution is -2.50. The van der Waals surface area contributed by atoms with E-state index in [9.17, 15) is 10.1 Å². The third kappa shape index (κ3) is 1.99. The van der Waals surface area contributed by atoms with Crippen LogP contribution >= 0.6 is 0 Å². The van der Waals surface area contributed by atoms with Gasteiger partial charge in [-0.05, 0) is 51.0 Å². The minimum Gasteiger partial charge on any atom is -0.466 e. The van der Waals surface area contributed by atoms with Crippen LogP contribution in [-0.2, 0) is 14.3 Å². The number of esters is 1. The highest BCUT2D eigenvalue weighted by Gasteiger charge is 2.71. The van der Waals surface area contributed by atoms with Crippen LogP contribution in [0.4, 0.5) is 0 Å². The van der Waals surface area contributed by atoms with E-state index in [-0.39, 0.29) is 5.92 Å². The van der Waals surface area contributed by atoms with Gasteiger partial charge in [-0.2, -0.15) is 5.26 Å². The predicted octanol–water partition coefficient (Wildman–Crippen LogP) is 3.70. The molecule has 4 atom stereocenters. The molecule has 1 fully saturated rings. The molecule has 1 saturated heterocycles. The Morgan fingerprint density at radius 3 is 2.58 bits per heavy atom. The van der Waals surface area contributed by atoms with E-state index >= 15 is 0 Å². The van der Waals surface area contributed by atoms with Gasteiger partial charge in [-0.1, -0.05) is 6.92 Å². The van der Waals surface area contributed by atoms with Crippen molar-refractivity contribution in [3.05, 3.63) is 34.8 Å². The Balaban J connectivity index is 2.09. The molecular weight excluding hydrogens is 306 g/mol. The van der Waals surface area contributed by atoms with Gasteiger partial charge < -0.3 is 13.9 Å². The van der Waals surface area contributed by atoms with Crippen molar-refractivity contribution in [2.75, 3.05) is 0 Å². The summed E-state index contributed by atoms with van der Waals surface area (Å²) in [5, 5.41) is 9.80. The molecule has 0 amide bonds. The van der Waals surface area contributed by atoms with Gasteiger partial charge in [0.2, 0.25) is 5.60 Å². The van der Waals surface area contributed by atoms with E-state index in [0.29, 0.717) is 6.42 Å². The fourth-order valence-electron chi connectivity index (χ4n) is 4.38. The van der Waals surface area contributed by atoms with Gasteiger partial charge in [0.05, 0.1) is 0 Å². The number of furan rings is 1. The summed E-state index contributed by atoms with van der Waals surface area (Å²) in [6.45, 7) is 11.1. The number of ether oxygens (including phenoxy) is 2. The maximum atomic E-state index is 11.6. The number of carbonyl (C=O) groups is 1. The second kappa shape index (κ2) is 4.97. The van der Waals surface area contributed by atoms with Crippen molar-refractivity contribution >= 4 is 5.97 Å². The highest BCUT2D eigenvalue weighted by atomic mass is 16.6. The Morgan fingerprint density at radius 1 is 1.42 bits per heavy atom. The molecule has 2 bridgehead atoms. The molecule has 0 N–H and O–H groups in total. The van der Waals surface area contributed by atoms with Gasteiger partial charge in [0.15, 0.2) is 0 Å². The SMILES string of the molecule is CC(=O)O[C@]1(C#N)C[C@@]2([C@@H](C)c3oc(C)cc3C)O[C@]1(C)C=C2C. The summed E-state index contributed by atoms with van der Waals surface area (Å²) in [6.07, 6.45) is 2.22. The number of aryl methyl sites for hydroxylation is 2. The van der Waals surface area contributed by atoms with E-state index in [1.54, 1.807) is 0 Å². The average Bonchev–Trinajstić information content (AvgIpc) is 3.03. The smallest absolute Gasteiger partial charge is 0.304 e. The molecule has 1 aromatic rings. The maximum absolute atomic E-state index is 11.6. The number of hydrogen-bond donors (Lipinski definition) is 0. The Hall–Kier alpha value is -2.06. The second-order valence-electron chi connectivity index (χ2n) is 7.26. The molecule has 0 radical (unpaired) electrons. The van der Waals surface area contributed by atoms with E-state index in [1.165, 1.54) is 6.92 Å². The minimum atomic E-state index is -1.32. The number of carbonyl (C=O) groups excluding carboxylic acids is 1. The van der Waals surface area contributed by atoms with Crippen LogP contribution in [-0.4, -0.2) is 22.8 Å². The third-order valence-corrected chi connectivity index (χ3v) is 5.54. The Morgan fingerprint density at radius 2 is 2.08 bits per heavy atom. The van der Waals surface area contributed by atoms with E-state index in [4.69, 9.17) is 13.9 Å². The molecule has 0 saturated carbocycles. The summed E-state index contributed by atoms with van der Waals surface area (Å²) in [5.74, 6) is 1.11. The number of hydrogen-bond acceptors (Lipinski definition) is 5. The lowest BCUT2D eigenvalue weighted by Gasteiger charge is -2.36. The minimum absolute atomic E-state index is 0.102. The highest BCUT2D eigenvalue weighted by molar-refractivity contribution is 5.68. The summed E-state index contributed by atoms with van der Waals surface area (Å²) < 4.78 is 17.8. The van der Waals surface area contributed by atoms with Crippen molar-refractivity contribution in [2.45, 2.75) is 70.7 Å². The normalized spacial score (nSPS) is 35.5. The molecule has 1 aromatic heterocycles. The first-order valence-electron chi connectivity index (χ1n) is 8.17. The van der Waals surface area contributed by atoms with Crippen molar-refractivity contribution in [3.8, 4) is 6.07 Å². The largest absolute Gasteiger partial charge is 0.466 e. The molecule has 3 heterocycles. The van der Waals surface area contributed by atoms with Gasteiger partial charge in [0, 0.05) is 19.3 Å². The van der Waals surface area contributed by atoms with Gasteiger partial charge >= 0.3 is 5.97 Å². The van der Waals surface area contributed by atoms with Crippen molar-refractivity contribution in [3.63, 3.8) is 0 Å². The van der Waals surface area contributed by atoms with Crippen LogP contribution in [0.2, 0.25) is 0 Å². The number of rotatable bonds is 3. The van der Waals surface area contributed by atoms with Crippen LogP contribution in [0.3, 0.4) is 0 Å². The first-order valence-corrected chi connectivity index (χ1v) is 8.17. The van der Waals surface area contributed by atoms with Gasteiger partial charge in [-0.25, -0.2) is 0 Å². The summed E-state index contributed by atoms with van der Waals surface area (Å²) in [7, 11) is 0. The molecule has 0 aliphatic carbocycles. The first kappa shape index (κ1) is 16.8. The molecule has 24 heavy (non-hydrogen) atoms. The van der Waals surface area contributed by atoms with E-state index in [1.807, 2.05) is 46.8 Å². The first-order chi connectivity index (χ1) is 11.1. The topological polar surface area (TPSA) is 72.5 Å². The monoisotopic (exact) mass is 329 g/mol. The van der Waals surface area contributed by atoms with Crippen molar-refractivity contribution in [1.82, 2.24) is 0 Å². The number of fused-ring (bicyclic) bond motifs is 2. The zero-order chi connectivity index (χ0) is 17.9. The van der Waals surface area contributed by atoms with Crippen molar-refractivity contribution in [2.24, 2.45) is 0 Å². The quantitative estimate of drug-likeness (QED) is 0.624. The maximum Gasteiger partial charge on any atom is 0.304 e. The Bertz CT molecular complexity index is 786. The second-order valence-corrected chi connectivity index (χ2v) is 7.26. The van der Waals surface area contributed by atoms with E-state index < -0.39 is 22.8 Å². The lowest BCUT2D eigenvalue weighted by atomic mass is 9.68.